The number of anilines is 2. The van der Waals surface area contributed by atoms with Crippen LogP contribution in [0.5, 0.6) is 0 Å². The maximum Gasteiger partial charge on any atom is 0.252 e. The number of benzene rings is 1. The molecule has 1 aliphatic heterocycles. The van der Waals surface area contributed by atoms with E-state index in [9.17, 15) is 9.59 Å². The summed E-state index contributed by atoms with van der Waals surface area (Å²) >= 11 is 0. The summed E-state index contributed by atoms with van der Waals surface area (Å²) in [5, 5.41) is 3.02. The minimum absolute atomic E-state index is 0.0709. The number of para-hydroxylation sites is 1. The fraction of sp³-hybridized carbons (Fsp3) is 0.389. The van der Waals surface area contributed by atoms with E-state index >= 15 is 0 Å². The second-order valence-corrected chi connectivity index (χ2v) is 6.32. The number of hydrogen-bond acceptors (Lipinski definition) is 4. The Hall–Kier alpha value is -2.63. The van der Waals surface area contributed by atoms with E-state index in [0.29, 0.717) is 18.2 Å². The molecule has 2 aromatic rings. The highest BCUT2D eigenvalue weighted by molar-refractivity contribution is 5.98. The first kappa shape index (κ1) is 16.2. The van der Waals surface area contributed by atoms with Gasteiger partial charge in [-0.15, -0.1) is 0 Å². The van der Waals surface area contributed by atoms with Crippen molar-refractivity contribution in [1.82, 2.24) is 9.97 Å². The molecule has 0 aliphatic carbocycles. The molecule has 0 spiro atoms. The first-order chi connectivity index (χ1) is 11.5. The number of nitrogens with one attached hydrogen (secondary N) is 2. The molecule has 0 fully saturated rings. The molecule has 0 saturated carbocycles. The number of hydrogen-bond donors (Lipinski definition) is 2. The Bertz CT molecular complexity index is 815. The maximum absolute atomic E-state index is 12.9. The zero-order chi connectivity index (χ0) is 17.3. The van der Waals surface area contributed by atoms with E-state index in [1.807, 2.05) is 36.1 Å². The molecule has 1 aliphatic rings. The lowest BCUT2D eigenvalue weighted by Crippen LogP contribution is -2.47. The standard InChI is InChI=1S/C18H22N4O2/c1-4-11(2)16-17(24)20-14-8-6-5-7-13(14)10-22(16)18-19-12(3)9-15(23)21-18/h5-9,11,16H,4,10H2,1-3H3,(H,20,24)(H,19,21,23)/t11?,16-/m0/s1. The van der Waals surface area contributed by atoms with Gasteiger partial charge in [0.05, 0.1) is 0 Å². The molecule has 1 aromatic heterocycles. The summed E-state index contributed by atoms with van der Waals surface area (Å²) in [4.78, 5) is 33.9. The van der Waals surface area contributed by atoms with Crippen molar-refractivity contribution < 1.29 is 4.79 Å². The molecule has 6 heteroatoms. The number of aryl methyl sites for hydroxylation is 1. The second-order valence-electron chi connectivity index (χ2n) is 6.32. The molecule has 3 rings (SSSR count). The molecule has 1 unspecified atom stereocenters. The van der Waals surface area contributed by atoms with E-state index in [1.165, 1.54) is 6.07 Å². The van der Waals surface area contributed by atoms with Crippen LogP contribution in [0, 0.1) is 12.8 Å². The van der Waals surface area contributed by atoms with Gasteiger partial charge in [-0.2, -0.15) is 0 Å². The predicted molar refractivity (Wildman–Crippen MR) is 94.1 cm³/mol. The van der Waals surface area contributed by atoms with E-state index in [1.54, 1.807) is 6.92 Å². The average molecular weight is 326 g/mol. The van der Waals surface area contributed by atoms with Crippen LogP contribution in [0.2, 0.25) is 0 Å². The van der Waals surface area contributed by atoms with Gasteiger partial charge in [0.2, 0.25) is 11.9 Å². The van der Waals surface area contributed by atoms with Gasteiger partial charge < -0.3 is 10.2 Å². The molecule has 2 heterocycles. The number of rotatable bonds is 3. The Labute approximate surface area is 140 Å². The van der Waals surface area contributed by atoms with Crippen LogP contribution >= 0.6 is 0 Å². The van der Waals surface area contributed by atoms with Gasteiger partial charge in [0.1, 0.15) is 6.04 Å². The third kappa shape index (κ3) is 3.04. The molecule has 2 atom stereocenters. The fourth-order valence-corrected chi connectivity index (χ4v) is 3.10. The molecule has 1 aromatic carbocycles. The van der Waals surface area contributed by atoms with Crippen molar-refractivity contribution in [3.05, 3.63) is 51.9 Å². The van der Waals surface area contributed by atoms with Crippen LogP contribution in [-0.2, 0) is 11.3 Å². The van der Waals surface area contributed by atoms with Crippen molar-refractivity contribution in [3.8, 4) is 0 Å². The van der Waals surface area contributed by atoms with Gasteiger partial charge in [-0.05, 0) is 24.5 Å². The minimum atomic E-state index is -0.396. The molecular weight excluding hydrogens is 304 g/mol. The largest absolute Gasteiger partial charge is 0.326 e. The van der Waals surface area contributed by atoms with Gasteiger partial charge in [-0.1, -0.05) is 38.5 Å². The number of amides is 1. The highest BCUT2D eigenvalue weighted by Crippen LogP contribution is 2.29. The van der Waals surface area contributed by atoms with E-state index in [4.69, 9.17) is 0 Å². The van der Waals surface area contributed by atoms with Gasteiger partial charge in [0.25, 0.3) is 5.56 Å². The van der Waals surface area contributed by atoms with Gasteiger partial charge >= 0.3 is 0 Å². The van der Waals surface area contributed by atoms with E-state index in [-0.39, 0.29) is 17.4 Å². The van der Waals surface area contributed by atoms with Gasteiger partial charge in [0.15, 0.2) is 0 Å². The van der Waals surface area contributed by atoms with E-state index in [2.05, 4.69) is 22.2 Å². The number of carbonyl (C=O) groups is 1. The van der Waals surface area contributed by atoms with Crippen LogP contribution in [0.25, 0.3) is 0 Å². The number of aromatic nitrogens is 2. The number of H-pyrrole nitrogens is 1. The number of aromatic amines is 1. The molecule has 0 saturated heterocycles. The Balaban J connectivity index is 2.13. The smallest absolute Gasteiger partial charge is 0.252 e. The predicted octanol–water partition coefficient (Wildman–Crippen LogP) is 2.45. The summed E-state index contributed by atoms with van der Waals surface area (Å²) < 4.78 is 0. The molecule has 126 valence electrons. The van der Waals surface area contributed by atoms with Crippen LogP contribution in [-0.4, -0.2) is 21.9 Å². The molecule has 24 heavy (non-hydrogen) atoms. The molecular formula is C18H22N4O2. The molecule has 0 radical (unpaired) electrons. The van der Waals surface area contributed by atoms with Gasteiger partial charge in [0, 0.05) is 24.0 Å². The van der Waals surface area contributed by atoms with Crippen LogP contribution < -0.4 is 15.8 Å². The third-order valence-electron chi connectivity index (χ3n) is 4.53. The zero-order valence-corrected chi connectivity index (χ0v) is 14.2. The summed E-state index contributed by atoms with van der Waals surface area (Å²) in [5.74, 6) is 0.487. The molecule has 1 amide bonds. The lowest BCUT2D eigenvalue weighted by atomic mass is 9.97. The number of nitrogens with zero attached hydrogens (tertiary/aromatic N) is 2. The summed E-state index contributed by atoms with van der Waals surface area (Å²) in [6.07, 6.45) is 0.848. The Kier molecular flexibility index (Phi) is 4.38. The molecule has 2 N–H and O–H groups in total. The summed E-state index contributed by atoms with van der Waals surface area (Å²) in [6, 6.07) is 8.78. The van der Waals surface area contributed by atoms with Crippen LogP contribution in [0.3, 0.4) is 0 Å². The van der Waals surface area contributed by atoms with Crippen molar-refractivity contribution in [2.75, 3.05) is 10.2 Å². The third-order valence-corrected chi connectivity index (χ3v) is 4.53. The topological polar surface area (TPSA) is 78.1 Å². The highest BCUT2D eigenvalue weighted by atomic mass is 16.2. The van der Waals surface area contributed by atoms with Gasteiger partial charge in [-0.3, -0.25) is 14.6 Å². The van der Waals surface area contributed by atoms with E-state index < -0.39 is 6.04 Å². The number of fused-ring (bicyclic) bond motifs is 1. The normalized spacial score (nSPS) is 18.5. The first-order valence-corrected chi connectivity index (χ1v) is 8.23. The summed E-state index contributed by atoms with van der Waals surface area (Å²) in [6.45, 7) is 6.39. The van der Waals surface area contributed by atoms with Gasteiger partial charge in [-0.25, -0.2) is 4.98 Å². The van der Waals surface area contributed by atoms with Crippen LogP contribution in [0.1, 0.15) is 31.5 Å². The fourth-order valence-electron chi connectivity index (χ4n) is 3.10. The summed E-state index contributed by atoms with van der Waals surface area (Å²) in [7, 11) is 0. The van der Waals surface area contributed by atoms with Crippen LogP contribution in [0.15, 0.2) is 35.1 Å². The monoisotopic (exact) mass is 326 g/mol. The minimum Gasteiger partial charge on any atom is -0.326 e. The lowest BCUT2D eigenvalue weighted by Gasteiger charge is -2.32. The maximum atomic E-state index is 12.9. The second kappa shape index (κ2) is 6.47. The van der Waals surface area contributed by atoms with E-state index in [0.717, 1.165) is 17.7 Å². The highest BCUT2D eigenvalue weighted by Gasteiger charge is 2.35. The Morgan fingerprint density at radius 2 is 2.08 bits per heavy atom. The van der Waals surface area contributed by atoms with Crippen molar-refractivity contribution in [2.45, 2.75) is 39.8 Å². The lowest BCUT2D eigenvalue weighted by molar-refractivity contribution is -0.118. The van der Waals surface area contributed by atoms with Crippen molar-refractivity contribution in [1.29, 1.82) is 0 Å². The van der Waals surface area contributed by atoms with Crippen molar-refractivity contribution >= 4 is 17.5 Å². The zero-order valence-electron chi connectivity index (χ0n) is 14.2. The Morgan fingerprint density at radius 1 is 1.33 bits per heavy atom. The first-order valence-electron chi connectivity index (χ1n) is 8.23. The average Bonchev–Trinajstić information content (AvgIpc) is 2.69. The van der Waals surface area contributed by atoms with Crippen LogP contribution in [0.4, 0.5) is 11.6 Å². The SMILES string of the molecule is CCC(C)[C@H]1C(=O)Nc2ccccc2CN1c1nc(C)cc(=O)[nH]1. The van der Waals surface area contributed by atoms with Crippen molar-refractivity contribution in [3.63, 3.8) is 0 Å². The molecule has 0 bridgehead atoms. The summed E-state index contributed by atoms with van der Waals surface area (Å²) in [5.41, 5.74) is 2.24. The molecule has 6 nitrogen and oxygen atoms in total. The Morgan fingerprint density at radius 3 is 2.79 bits per heavy atom. The number of carbonyl (C=O) groups excluding carboxylic acids is 1. The van der Waals surface area contributed by atoms with Crippen molar-refractivity contribution in [2.24, 2.45) is 5.92 Å². The quantitative estimate of drug-likeness (QED) is 0.908.